The van der Waals surface area contributed by atoms with E-state index in [0.29, 0.717) is 17.9 Å². The largest absolute Gasteiger partial charge is 0.341 e. The van der Waals surface area contributed by atoms with Crippen molar-refractivity contribution in [1.29, 1.82) is 0 Å². The molecule has 88 valence electrons. The number of likely N-dealkylation sites (tertiary alicyclic amines) is 1. The van der Waals surface area contributed by atoms with Crippen LogP contribution < -0.4 is 0 Å². The number of carbonyl (C=O) groups is 1. The Morgan fingerprint density at radius 3 is 2.47 bits per heavy atom. The van der Waals surface area contributed by atoms with E-state index in [1.807, 2.05) is 23.9 Å². The first-order valence-corrected chi connectivity index (χ1v) is 5.77. The van der Waals surface area contributed by atoms with E-state index < -0.39 is 0 Å². The van der Waals surface area contributed by atoms with Gasteiger partial charge in [0.25, 0.3) is 0 Å². The molecule has 0 N–H and O–H groups in total. The van der Waals surface area contributed by atoms with Crippen LogP contribution in [0.1, 0.15) is 27.2 Å². The first kappa shape index (κ1) is 12.5. The van der Waals surface area contributed by atoms with Crippen molar-refractivity contribution in [1.82, 2.24) is 9.80 Å². The molecular formula is C12H24N2O. The van der Waals surface area contributed by atoms with Crippen LogP contribution in [0, 0.1) is 11.3 Å². The lowest BCUT2D eigenvalue weighted by Crippen LogP contribution is -2.38. The van der Waals surface area contributed by atoms with Crippen LogP contribution >= 0.6 is 0 Å². The maximum atomic E-state index is 11.9. The molecular weight excluding hydrogens is 188 g/mol. The molecule has 1 heterocycles. The minimum Gasteiger partial charge on any atom is -0.341 e. The molecule has 15 heavy (non-hydrogen) atoms. The van der Waals surface area contributed by atoms with Crippen LogP contribution in [0.25, 0.3) is 0 Å². The summed E-state index contributed by atoms with van der Waals surface area (Å²) in [5.41, 5.74) is 0.321. The van der Waals surface area contributed by atoms with Gasteiger partial charge in [-0.15, -0.1) is 0 Å². The van der Waals surface area contributed by atoms with Gasteiger partial charge in [0.05, 0.1) is 6.54 Å². The van der Waals surface area contributed by atoms with Crippen molar-refractivity contribution < 1.29 is 4.79 Å². The molecule has 0 bridgehead atoms. The highest BCUT2D eigenvalue weighted by molar-refractivity contribution is 5.78. The standard InChI is InChI=1S/C12H24N2O/c1-10(2)12(3)6-7-14(9-12)11(15)8-13(4)5/h10H,6-9H2,1-5H3/t12-/m1/s1. The Labute approximate surface area is 93.4 Å². The number of nitrogens with zero attached hydrogens (tertiary/aromatic N) is 2. The second-order valence-corrected chi connectivity index (χ2v) is 5.61. The molecule has 1 aliphatic heterocycles. The minimum absolute atomic E-state index is 0.268. The summed E-state index contributed by atoms with van der Waals surface area (Å²) in [5, 5.41) is 0. The van der Waals surface area contributed by atoms with E-state index in [9.17, 15) is 4.79 Å². The number of hydrogen-bond acceptors (Lipinski definition) is 2. The van der Waals surface area contributed by atoms with Gasteiger partial charge in [0.15, 0.2) is 0 Å². The summed E-state index contributed by atoms with van der Waals surface area (Å²) in [6.07, 6.45) is 1.14. The fourth-order valence-corrected chi connectivity index (χ4v) is 2.04. The predicted octanol–water partition coefficient (Wildman–Crippen LogP) is 1.44. The van der Waals surface area contributed by atoms with Gasteiger partial charge in [-0.25, -0.2) is 0 Å². The van der Waals surface area contributed by atoms with Gasteiger partial charge < -0.3 is 9.80 Å². The predicted molar refractivity (Wildman–Crippen MR) is 62.7 cm³/mol. The van der Waals surface area contributed by atoms with E-state index in [0.717, 1.165) is 19.5 Å². The van der Waals surface area contributed by atoms with Crippen molar-refractivity contribution >= 4 is 5.91 Å². The lowest BCUT2D eigenvalue weighted by Gasteiger charge is -2.29. The van der Waals surface area contributed by atoms with E-state index in [1.54, 1.807) is 0 Å². The molecule has 1 saturated heterocycles. The molecule has 0 aromatic rings. The van der Waals surface area contributed by atoms with E-state index in [4.69, 9.17) is 0 Å². The normalized spacial score (nSPS) is 26.7. The number of carbonyl (C=O) groups excluding carboxylic acids is 1. The van der Waals surface area contributed by atoms with E-state index in [-0.39, 0.29) is 5.91 Å². The second kappa shape index (κ2) is 4.52. The Balaban J connectivity index is 2.52. The summed E-state index contributed by atoms with van der Waals surface area (Å²) < 4.78 is 0. The average Bonchev–Trinajstić information content (AvgIpc) is 2.48. The Kier molecular flexibility index (Phi) is 3.77. The van der Waals surface area contributed by atoms with Crippen LogP contribution in [0.4, 0.5) is 0 Å². The Morgan fingerprint density at radius 1 is 1.47 bits per heavy atom. The Hall–Kier alpha value is -0.570. The summed E-state index contributed by atoms with van der Waals surface area (Å²) in [4.78, 5) is 15.8. The maximum absolute atomic E-state index is 11.9. The highest BCUT2D eigenvalue weighted by Gasteiger charge is 2.38. The van der Waals surface area contributed by atoms with Crippen LogP contribution in [-0.2, 0) is 4.79 Å². The minimum atomic E-state index is 0.268. The third-order valence-electron chi connectivity index (χ3n) is 3.70. The Morgan fingerprint density at radius 2 is 2.07 bits per heavy atom. The molecule has 3 heteroatoms. The van der Waals surface area contributed by atoms with Gasteiger partial charge in [0.2, 0.25) is 5.91 Å². The Bertz CT molecular complexity index is 238. The zero-order chi connectivity index (χ0) is 11.6. The molecule has 3 nitrogen and oxygen atoms in total. The molecule has 1 amide bonds. The van der Waals surface area contributed by atoms with Crippen molar-refractivity contribution in [2.75, 3.05) is 33.7 Å². The molecule has 0 aliphatic carbocycles. The fraction of sp³-hybridized carbons (Fsp3) is 0.917. The van der Waals surface area contributed by atoms with Crippen molar-refractivity contribution in [2.24, 2.45) is 11.3 Å². The molecule has 0 unspecified atom stereocenters. The third-order valence-corrected chi connectivity index (χ3v) is 3.70. The molecule has 0 radical (unpaired) electrons. The zero-order valence-corrected chi connectivity index (χ0v) is 10.7. The summed E-state index contributed by atoms with van der Waals surface area (Å²) >= 11 is 0. The first-order chi connectivity index (χ1) is 6.85. The summed E-state index contributed by atoms with van der Waals surface area (Å²) in [7, 11) is 3.88. The monoisotopic (exact) mass is 212 g/mol. The molecule has 0 saturated carbocycles. The van der Waals surface area contributed by atoms with Gasteiger partial charge in [-0.3, -0.25) is 4.79 Å². The van der Waals surface area contributed by atoms with Gasteiger partial charge in [0.1, 0.15) is 0 Å². The summed E-state index contributed by atoms with van der Waals surface area (Å²) in [6.45, 7) is 9.19. The zero-order valence-electron chi connectivity index (χ0n) is 10.7. The molecule has 1 atom stereocenters. The molecule has 0 spiro atoms. The van der Waals surface area contributed by atoms with Gasteiger partial charge >= 0.3 is 0 Å². The van der Waals surface area contributed by atoms with Crippen molar-refractivity contribution in [3.8, 4) is 0 Å². The first-order valence-electron chi connectivity index (χ1n) is 5.77. The molecule has 1 rings (SSSR count). The van der Waals surface area contributed by atoms with E-state index in [2.05, 4.69) is 20.8 Å². The number of likely N-dealkylation sites (N-methyl/N-ethyl adjacent to an activating group) is 1. The molecule has 0 aromatic heterocycles. The highest BCUT2D eigenvalue weighted by atomic mass is 16.2. The van der Waals surface area contributed by atoms with Crippen molar-refractivity contribution in [2.45, 2.75) is 27.2 Å². The van der Waals surface area contributed by atoms with E-state index in [1.165, 1.54) is 0 Å². The van der Waals surface area contributed by atoms with E-state index >= 15 is 0 Å². The van der Waals surface area contributed by atoms with Gasteiger partial charge in [-0.2, -0.15) is 0 Å². The quantitative estimate of drug-likeness (QED) is 0.707. The van der Waals surface area contributed by atoms with Crippen LogP contribution in [0.3, 0.4) is 0 Å². The maximum Gasteiger partial charge on any atom is 0.236 e. The van der Waals surface area contributed by atoms with Crippen LogP contribution in [0.15, 0.2) is 0 Å². The fourth-order valence-electron chi connectivity index (χ4n) is 2.04. The summed E-state index contributed by atoms with van der Waals surface area (Å²) in [5.74, 6) is 0.916. The summed E-state index contributed by atoms with van der Waals surface area (Å²) in [6, 6.07) is 0. The van der Waals surface area contributed by atoms with Crippen LogP contribution in [0.5, 0.6) is 0 Å². The van der Waals surface area contributed by atoms with Gasteiger partial charge in [-0.05, 0) is 31.8 Å². The third kappa shape index (κ3) is 2.94. The molecule has 0 aromatic carbocycles. The van der Waals surface area contributed by atoms with Crippen molar-refractivity contribution in [3.63, 3.8) is 0 Å². The van der Waals surface area contributed by atoms with Gasteiger partial charge in [-0.1, -0.05) is 20.8 Å². The number of rotatable bonds is 3. The number of hydrogen-bond donors (Lipinski definition) is 0. The lowest BCUT2D eigenvalue weighted by atomic mass is 9.78. The molecule has 1 fully saturated rings. The highest BCUT2D eigenvalue weighted by Crippen LogP contribution is 2.36. The van der Waals surface area contributed by atoms with Gasteiger partial charge in [0, 0.05) is 13.1 Å². The smallest absolute Gasteiger partial charge is 0.236 e. The number of amides is 1. The topological polar surface area (TPSA) is 23.6 Å². The second-order valence-electron chi connectivity index (χ2n) is 5.61. The lowest BCUT2D eigenvalue weighted by molar-refractivity contribution is -0.131. The average molecular weight is 212 g/mol. The van der Waals surface area contributed by atoms with Crippen LogP contribution in [0.2, 0.25) is 0 Å². The van der Waals surface area contributed by atoms with Crippen LogP contribution in [-0.4, -0.2) is 49.4 Å². The molecule has 1 aliphatic rings. The van der Waals surface area contributed by atoms with Crippen molar-refractivity contribution in [3.05, 3.63) is 0 Å². The SMILES string of the molecule is CC(C)[C@]1(C)CCN(C(=O)CN(C)C)C1.